The predicted molar refractivity (Wildman–Crippen MR) is 151 cm³/mol. The van der Waals surface area contributed by atoms with Crippen molar-refractivity contribution in [3.63, 3.8) is 0 Å². The van der Waals surface area contributed by atoms with Gasteiger partial charge in [0.05, 0.1) is 10.5 Å². The molecule has 2 heterocycles. The number of hydrogen-bond donors (Lipinski definition) is 0. The Balaban J connectivity index is 0.00000241. The first-order chi connectivity index (χ1) is 16.7. The maximum atomic E-state index is 13.6. The molecule has 7 nitrogen and oxygen atoms in total. The molecular formula is C28H39Cl2N3O4. The van der Waals surface area contributed by atoms with E-state index in [1.807, 2.05) is 18.2 Å². The number of nitro benzene ring substituents is 1. The minimum absolute atomic E-state index is 0. The highest BCUT2D eigenvalue weighted by Crippen LogP contribution is 2.51. The Kier molecular flexibility index (Phi) is 10.9. The van der Waals surface area contributed by atoms with Gasteiger partial charge in [0, 0.05) is 43.1 Å². The third-order valence-electron chi connectivity index (χ3n) is 8.00. The molecular weight excluding hydrogens is 513 g/mol. The van der Waals surface area contributed by atoms with Crippen LogP contribution in [0.1, 0.15) is 61.9 Å². The molecule has 2 aliphatic heterocycles. The first-order valence-electron chi connectivity index (χ1n) is 12.7. The molecule has 0 radical (unpaired) electrons. The zero-order valence-electron chi connectivity index (χ0n) is 21.9. The summed E-state index contributed by atoms with van der Waals surface area (Å²) < 4.78 is 6.60. The Morgan fingerprint density at radius 3 is 2.19 bits per heavy atom. The first kappa shape index (κ1) is 31.0. The SMILES string of the molecule is CC1CC(OC(=O)c2ccc([N+](=O)[O-])cc2)(c2ccccc2)C(C)(CN2CCCCCC2)CN1C.Cl.Cl. The van der Waals surface area contributed by atoms with Gasteiger partial charge >= 0.3 is 5.97 Å². The molecule has 2 aromatic rings. The number of halogens is 2. The Morgan fingerprint density at radius 1 is 1.03 bits per heavy atom. The van der Waals surface area contributed by atoms with Crippen molar-refractivity contribution in [2.75, 3.05) is 33.2 Å². The molecule has 0 aromatic heterocycles. The zero-order valence-corrected chi connectivity index (χ0v) is 23.6. The maximum absolute atomic E-state index is 13.6. The van der Waals surface area contributed by atoms with Crippen LogP contribution in [0.3, 0.4) is 0 Å². The lowest BCUT2D eigenvalue weighted by molar-refractivity contribution is -0.384. The molecule has 2 fully saturated rings. The van der Waals surface area contributed by atoms with Crippen molar-refractivity contribution in [1.82, 2.24) is 9.80 Å². The van der Waals surface area contributed by atoms with Gasteiger partial charge in [0.1, 0.15) is 5.60 Å². The van der Waals surface area contributed by atoms with E-state index in [9.17, 15) is 14.9 Å². The molecule has 0 N–H and O–H groups in total. The summed E-state index contributed by atoms with van der Waals surface area (Å²) in [5.41, 5.74) is 0.113. The topological polar surface area (TPSA) is 75.9 Å². The van der Waals surface area contributed by atoms with Gasteiger partial charge in [0.25, 0.3) is 5.69 Å². The molecule has 3 atom stereocenters. The zero-order chi connectivity index (χ0) is 25.1. The van der Waals surface area contributed by atoms with Gasteiger partial charge in [-0.2, -0.15) is 0 Å². The van der Waals surface area contributed by atoms with Crippen LogP contribution in [0, 0.1) is 15.5 Å². The third-order valence-corrected chi connectivity index (χ3v) is 8.00. The van der Waals surface area contributed by atoms with Crippen LogP contribution in [0.5, 0.6) is 0 Å². The molecule has 0 amide bonds. The molecule has 2 aliphatic rings. The summed E-state index contributed by atoms with van der Waals surface area (Å²) in [5.74, 6) is -0.442. The van der Waals surface area contributed by atoms with Crippen LogP contribution in [0.15, 0.2) is 54.6 Å². The summed E-state index contributed by atoms with van der Waals surface area (Å²) in [5, 5.41) is 11.1. The molecule has 0 bridgehead atoms. The Labute approximate surface area is 232 Å². The highest BCUT2D eigenvalue weighted by Gasteiger charge is 2.57. The van der Waals surface area contributed by atoms with E-state index in [1.54, 1.807) is 0 Å². The maximum Gasteiger partial charge on any atom is 0.339 e. The quantitative estimate of drug-likeness (QED) is 0.245. The van der Waals surface area contributed by atoms with Crippen molar-refractivity contribution in [3.05, 3.63) is 75.8 Å². The molecule has 0 saturated carbocycles. The van der Waals surface area contributed by atoms with Crippen LogP contribution in [0.25, 0.3) is 0 Å². The predicted octanol–water partition coefficient (Wildman–Crippen LogP) is 6.10. The van der Waals surface area contributed by atoms with Crippen molar-refractivity contribution in [1.29, 1.82) is 0 Å². The van der Waals surface area contributed by atoms with Gasteiger partial charge in [0.2, 0.25) is 0 Å². The third kappa shape index (κ3) is 6.63. The van der Waals surface area contributed by atoms with E-state index < -0.39 is 16.5 Å². The highest BCUT2D eigenvalue weighted by molar-refractivity contribution is 5.90. The molecule has 2 aromatic carbocycles. The summed E-state index contributed by atoms with van der Waals surface area (Å²) >= 11 is 0. The number of benzene rings is 2. The van der Waals surface area contributed by atoms with E-state index in [0.29, 0.717) is 12.0 Å². The molecule has 9 heteroatoms. The molecule has 2 saturated heterocycles. The van der Waals surface area contributed by atoms with Crippen LogP contribution in [-0.4, -0.2) is 60.0 Å². The van der Waals surface area contributed by atoms with Crippen LogP contribution >= 0.6 is 24.8 Å². The Morgan fingerprint density at radius 2 is 1.62 bits per heavy atom. The van der Waals surface area contributed by atoms with Crippen LogP contribution in [0.4, 0.5) is 5.69 Å². The van der Waals surface area contributed by atoms with E-state index in [0.717, 1.165) is 31.7 Å². The summed E-state index contributed by atoms with van der Waals surface area (Å²) in [4.78, 5) is 29.1. The molecule has 0 spiro atoms. The molecule has 37 heavy (non-hydrogen) atoms. The van der Waals surface area contributed by atoms with E-state index in [2.05, 4.69) is 42.8 Å². The second-order valence-corrected chi connectivity index (χ2v) is 10.6. The van der Waals surface area contributed by atoms with Crippen LogP contribution in [0.2, 0.25) is 0 Å². The number of hydrogen-bond acceptors (Lipinski definition) is 6. The van der Waals surface area contributed by atoms with Gasteiger partial charge in [-0.15, -0.1) is 24.8 Å². The molecule has 204 valence electrons. The van der Waals surface area contributed by atoms with Crippen LogP contribution < -0.4 is 0 Å². The number of nitrogens with zero attached hydrogens (tertiary/aromatic N) is 3. The summed E-state index contributed by atoms with van der Waals surface area (Å²) in [7, 11) is 2.15. The lowest BCUT2D eigenvalue weighted by atomic mass is 9.63. The largest absolute Gasteiger partial charge is 0.450 e. The Hall–Kier alpha value is -2.19. The lowest BCUT2D eigenvalue weighted by Gasteiger charge is -2.57. The number of ether oxygens (including phenoxy) is 1. The van der Waals surface area contributed by atoms with Gasteiger partial charge in [-0.3, -0.25) is 10.1 Å². The number of non-ortho nitro benzene ring substituents is 1. The number of esters is 1. The summed E-state index contributed by atoms with van der Waals surface area (Å²) in [6.07, 6.45) is 5.61. The molecule has 4 rings (SSSR count). The van der Waals surface area contributed by atoms with Gasteiger partial charge in [0.15, 0.2) is 0 Å². The van der Waals surface area contributed by atoms with Crippen molar-refractivity contribution < 1.29 is 14.5 Å². The standard InChI is InChI=1S/C28H37N3O4.2ClH/c1-22-19-28(24-11-7-6-8-12-24,35-26(32)23-13-15-25(16-14-23)31(33)34)27(2,20-29(22)3)21-30-17-9-4-5-10-18-30;;/h6-8,11-16,22H,4-5,9-10,17-21H2,1-3H3;2*1H. The fourth-order valence-corrected chi connectivity index (χ4v) is 5.95. The monoisotopic (exact) mass is 551 g/mol. The summed E-state index contributed by atoms with van der Waals surface area (Å²) in [6, 6.07) is 16.1. The van der Waals surface area contributed by atoms with Crippen molar-refractivity contribution in [3.8, 4) is 0 Å². The van der Waals surface area contributed by atoms with Crippen molar-refractivity contribution in [2.24, 2.45) is 5.41 Å². The van der Waals surface area contributed by atoms with E-state index in [-0.39, 0.29) is 42.0 Å². The number of nitro groups is 1. The Bertz CT molecular complexity index is 1030. The fraction of sp³-hybridized carbons (Fsp3) is 0.536. The van der Waals surface area contributed by atoms with Gasteiger partial charge in [-0.25, -0.2) is 4.79 Å². The lowest BCUT2D eigenvalue weighted by Crippen LogP contribution is -2.63. The minimum atomic E-state index is -0.828. The number of carbonyl (C=O) groups is 1. The number of likely N-dealkylation sites (tertiary alicyclic amines) is 2. The van der Waals surface area contributed by atoms with Crippen LogP contribution in [-0.2, 0) is 10.3 Å². The second kappa shape index (κ2) is 13.1. The van der Waals surface area contributed by atoms with Crippen molar-refractivity contribution in [2.45, 2.75) is 57.6 Å². The first-order valence-corrected chi connectivity index (χ1v) is 12.7. The van der Waals surface area contributed by atoms with E-state index in [4.69, 9.17) is 4.74 Å². The average molecular weight is 553 g/mol. The van der Waals surface area contributed by atoms with E-state index in [1.165, 1.54) is 49.9 Å². The van der Waals surface area contributed by atoms with Gasteiger partial charge in [-0.1, -0.05) is 50.1 Å². The van der Waals surface area contributed by atoms with E-state index >= 15 is 0 Å². The van der Waals surface area contributed by atoms with Gasteiger partial charge in [-0.05, 0) is 57.6 Å². The second-order valence-electron chi connectivity index (χ2n) is 10.6. The minimum Gasteiger partial charge on any atom is -0.450 e. The number of rotatable bonds is 6. The molecule has 0 aliphatic carbocycles. The smallest absolute Gasteiger partial charge is 0.339 e. The molecule has 3 unspecified atom stereocenters. The van der Waals surface area contributed by atoms with Gasteiger partial charge < -0.3 is 14.5 Å². The number of carbonyl (C=O) groups excluding carboxylic acids is 1. The average Bonchev–Trinajstić information content (AvgIpc) is 3.11. The fourth-order valence-electron chi connectivity index (χ4n) is 5.95. The summed E-state index contributed by atoms with van der Waals surface area (Å²) in [6.45, 7) is 8.21. The number of piperidine rings is 1. The normalized spacial score (nSPS) is 26.7. The van der Waals surface area contributed by atoms with Crippen molar-refractivity contribution >= 4 is 36.5 Å². The highest BCUT2D eigenvalue weighted by atomic mass is 35.5.